The molecule has 2 aromatic carbocycles. The molecule has 0 radical (unpaired) electrons. The zero-order valence-electron chi connectivity index (χ0n) is 30.3. The number of pyridine rings is 2. The summed E-state index contributed by atoms with van der Waals surface area (Å²) in [6.07, 6.45) is -3.41. The average molecular weight is 894 g/mol. The molecular weight excluding hydrogens is 867 g/mol. The Labute approximate surface area is 333 Å². The fourth-order valence-electron chi connectivity index (χ4n) is 5.12. The van der Waals surface area contributed by atoms with Gasteiger partial charge in [0.15, 0.2) is 24.8 Å². The van der Waals surface area contributed by atoms with Crippen molar-refractivity contribution >= 4 is 53.2 Å². The highest BCUT2D eigenvalue weighted by molar-refractivity contribution is 7.93. The second-order valence-electron chi connectivity index (χ2n) is 11.5. The zero-order chi connectivity index (χ0) is 43.9. The molecule has 60 heavy (non-hydrogen) atoms. The predicted molar refractivity (Wildman–Crippen MR) is 194 cm³/mol. The van der Waals surface area contributed by atoms with E-state index in [-0.39, 0.29) is 38.0 Å². The van der Waals surface area contributed by atoms with Gasteiger partial charge in [-0.15, -0.1) is 0 Å². The highest BCUT2D eigenvalue weighted by Crippen LogP contribution is 2.34. The zero-order valence-corrected chi connectivity index (χ0v) is 31.9. The number of H-pyrrole nitrogens is 2. The number of benzene rings is 2. The number of alkyl halides is 6. The fraction of sp³-hybridized carbons (Fsp3) is 0.206. The number of hydrogen-bond donors (Lipinski definition) is 4. The van der Waals surface area contributed by atoms with Crippen molar-refractivity contribution in [3.05, 3.63) is 78.1 Å². The molecule has 320 valence electrons. The molecule has 26 heteroatoms. The molecule has 0 atom stereocenters. The molecule has 6 rings (SSSR count). The number of nitriles is 1. The quantitative estimate of drug-likeness (QED) is 0.0739. The number of sulfonamides is 2. The summed E-state index contributed by atoms with van der Waals surface area (Å²) in [7, 11) is -6.31. The normalized spacial score (nSPS) is 11.7. The Hall–Kier alpha value is -6.75. The fourth-order valence-corrected chi connectivity index (χ4v) is 7.58. The van der Waals surface area contributed by atoms with Crippen LogP contribution in [0.25, 0.3) is 21.8 Å². The number of rotatable bonds is 16. The Morgan fingerprint density at radius 2 is 1.13 bits per heavy atom. The van der Waals surface area contributed by atoms with Crippen molar-refractivity contribution in [1.82, 2.24) is 19.9 Å². The lowest BCUT2D eigenvalue weighted by atomic mass is 10.2. The van der Waals surface area contributed by atoms with Crippen LogP contribution in [0.2, 0.25) is 0 Å². The van der Waals surface area contributed by atoms with Crippen molar-refractivity contribution in [2.75, 3.05) is 36.9 Å². The van der Waals surface area contributed by atoms with Crippen LogP contribution in [0.15, 0.2) is 70.7 Å². The molecule has 16 nitrogen and oxygen atoms in total. The van der Waals surface area contributed by atoms with Gasteiger partial charge in [-0.1, -0.05) is 6.07 Å². The van der Waals surface area contributed by atoms with Crippen LogP contribution >= 0.6 is 0 Å². The SMILES string of the molecule is COc1nc(OCC(F)F)c(F)cc1NS(=O)(=O)c1c[nH]c2cc(C#N)ccc12.COc1nc(OCC(F)F)c(F)cc1NS(=O)(=O)c1c[nH]c2cc(OC(F)F)ccc12. The summed E-state index contributed by atoms with van der Waals surface area (Å²) in [6.45, 7) is -5.26. The van der Waals surface area contributed by atoms with Gasteiger partial charge in [-0.25, -0.2) is 43.2 Å². The number of halogens is 8. The summed E-state index contributed by atoms with van der Waals surface area (Å²) >= 11 is 0. The molecule has 4 aromatic heterocycles. The van der Waals surface area contributed by atoms with Crippen LogP contribution in [0, 0.1) is 23.0 Å². The van der Waals surface area contributed by atoms with E-state index in [0.717, 1.165) is 26.5 Å². The minimum Gasteiger partial charge on any atom is -0.479 e. The second-order valence-corrected chi connectivity index (χ2v) is 14.8. The van der Waals surface area contributed by atoms with E-state index >= 15 is 0 Å². The van der Waals surface area contributed by atoms with Crippen LogP contribution in [0.1, 0.15) is 5.56 Å². The third kappa shape index (κ3) is 10.5. The summed E-state index contributed by atoms with van der Waals surface area (Å²) in [5.74, 6) is -4.88. The minimum atomic E-state index is -4.34. The summed E-state index contributed by atoms with van der Waals surface area (Å²) in [4.78, 5) is 12.1. The third-order valence-corrected chi connectivity index (χ3v) is 10.4. The van der Waals surface area contributed by atoms with E-state index in [2.05, 4.69) is 43.6 Å². The number of ether oxygens (including phenoxy) is 5. The van der Waals surface area contributed by atoms with E-state index in [1.807, 2.05) is 6.07 Å². The molecule has 0 aliphatic rings. The van der Waals surface area contributed by atoms with Crippen molar-refractivity contribution in [3.8, 4) is 35.3 Å². The molecule has 0 spiro atoms. The van der Waals surface area contributed by atoms with Crippen molar-refractivity contribution < 1.29 is 75.6 Å². The van der Waals surface area contributed by atoms with Crippen molar-refractivity contribution in [2.45, 2.75) is 29.3 Å². The van der Waals surface area contributed by atoms with Gasteiger partial charge in [-0.3, -0.25) is 9.44 Å². The smallest absolute Gasteiger partial charge is 0.387 e. The van der Waals surface area contributed by atoms with Gasteiger partial charge in [-0.05, 0) is 24.3 Å². The number of nitrogens with zero attached hydrogens (tertiary/aromatic N) is 3. The maximum absolute atomic E-state index is 14.1. The molecule has 0 fully saturated rings. The van der Waals surface area contributed by atoms with E-state index in [1.165, 1.54) is 36.5 Å². The topological polar surface area (TPSA) is 220 Å². The number of methoxy groups -OCH3 is 2. The summed E-state index contributed by atoms with van der Waals surface area (Å²) in [5.41, 5.74) is 0.166. The highest BCUT2D eigenvalue weighted by atomic mass is 32.2. The minimum absolute atomic E-state index is 0.137. The van der Waals surface area contributed by atoms with Crippen molar-refractivity contribution in [3.63, 3.8) is 0 Å². The summed E-state index contributed by atoms with van der Waals surface area (Å²) in [6, 6.07) is 11.3. The molecule has 4 N–H and O–H groups in total. The molecule has 0 saturated carbocycles. The van der Waals surface area contributed by atoms with Crippen molar-refractivity contribution in [1.29, 1.82) is 5.26 Å². The highest BCUT2D eigenvalue weighted by Gasteiger charge is 2.26. The van der Waals surface area contributed by atoms with Gasteiger partial charge in [-0.2, -0.15) is 24.0 Å². The van der Waals surface area contributed by atoms with Gasteiger partial charge in [0, 0.05) is 46.9 Å². The Balaban J connectivity index is 0.000000228. The number of nitrogens with one attached hydrogen (secondary N) is 4. The van der Waals surface area contributed by atoms with Crippen LogP contribution in [0.5, 0.6) is 29.3 Å². The number of aromatic amines is 2. The largest absolute Gasteiger partial charge is 0.479 e. The first-order chi connectivity index (χ1) is 28.3. The van der Waals surface area contributed by atoms with Gasteiger partial charge in [0.05, 0.1) is 31.4 Å². The predicted octanol–water partition coefficient (Wildman–Crippen LogP) is 6.78. The lowest BCUT2D eigenvalue weighted by Crippen LogP contribution is -2.15. The Morgan fingerprint density at radius 1 is 0.683 bits per heavy atom. The van der Waals surface area contributed by atoms with Gasteiger partial charge in [0.2, 0.25) is 11.8 Å². The molecule has 0 aliphatic carbocycles. The molecule has 0 bridgehead atoms. The number of anilines is 2. The van der Waals surface area contributed by atoms with Gasteiger partial charge in [0.25, 0.3) is 44.7 Å². The monoisotopic (exact) mass is 893 g/mol. The van der Waals surface area contributed by atoms with Crippen LogP contribution in [0.4, 0.5) is 46.5 Å². The molecule has 6 aromatic rings. The lowest BCUT2D eigenvalue weighted by Gasteiger charge is -2.13. The standard InChI is InChI=1S/C17H14F5N3O5S.C17H13F3N4O4S/c1-28-16-12(5-10(18)15(24-16)29-7-14(19)20)25-31(26,27)13-6-23-11-4-8(30-17(21)22)2-3-9(11)13;1-27-17-13(5-11(18)16(23-17)28-8-15(19)20)24-29(25,26)14-7-22-12-4-9(6-21)2-3-10(12)14/h2-6,14,17,23,25H,7H2,1H3;2-5,7,15,22,24H,8H2,1H3. The first-order valence-corrected chi connectivity index (χ1v) is 19.3. The van der Waals surface area contributed by atoms with Crippen LogP contribution in [0.3, 0.4) is 0 Å². The average Bonchev–Trinajstić information content (AvgIpc) is 3.82. The molecular formula is C34H27F8N7O9S2. The van der Waals surface area contributed by atoms with Crippen LogP contribution < -0.4 is 33.1 Å². The van der Waals surface area contributed by atoms with Gasteiger partial charge in [0.1, 0.15) is 26.9 Å². The second kappa shape index (κ2) is 18.4. The molecule has 0 saturated heterocycles. The van der Waals surface area contributed by atoms with Crippen molar-refractivity contribution in [2.24, 2.45) is 0 Å². The Kier molecular flexibility index (Phi) is 13.6. The van der Waals surface area contributed by atoms with E-state index in [1.54, 1.807) is 0 Å². The maximum atomic E-state index is 14.1. The van der Waals surface area contributed by atoms with E-state index < -0.39 is 87.7 Å². The molecule has 0 aliphatic heterocycles. The van der Waals surface area contributed by atoms with E-state index in [4.69, 9.17) is 14.7 Å². The molecule has 0 amide bonds. The number of fused-ring (bicyclic) bond motifs is 2. The number of aromatic nitrogens is 4. The first-order valence-electron chi connectivity index (χ1n) is 16.3. The van der Waals surface area contributed by atoms with Crippen LogP contribution in [-0.4, -0.2) is 83.7 Å². The lowest BCUT2D eigenvalue weighted by molar-refractivity contribution is -0.0497. The third-order valence-electron chi connectivity index (χ3n) is 7.58. The van der Waals surface area contributed by atoms with Crippen LogP contribution in [-0.2, 0) is 20.0 Å². The maximum Gasteiger partial charge on any atom is 0.387 e. The number of hydrogen-bond acceptors (Lipinski definition) is 12. The molecule has 4 heterocycles. The van der Waals surface area contributed by atoms with Gasteiger partial charge < -0.3 is 33.7 Å². The van der Waals surface area contributed by atoms with Gasteiger partial charge >= 0.3 is 6.61 Å². The summed E-state index contributed by atoms with van der Waals surface area (Å²) < 4.78 is 180. The summed E-state index contributed by atoms with van der Waals surface area (Å²) in [5, 5.41) is 9.37. The van der Waals surface area contributed by atoms with E-state index in [0.29, 0.717) is 28.6 Å². The Bertz CT molecular complexity index is 2770. The first kappa shape index (κ1) is 44.4. The Morgan fingerprint density at radius 3 is 1.55 bits per heavy atom. The van der Waals surface area contributed by atoms with E-state index in [9.17, 15) is 52.0 Å². The molecule has 0 unspecified atom stereocenters.